The molecule has 152 valence electrons. The third-order valence-electron chi connectivity index (χ3n) is 4.27. The van der Waals surface area contributed by atoms with Crippen molar-refractivity contribution in [3.8, 4) is 0 Å². The molecule has 3 atom stereocenters. The third-order valence-corrected chi connectivity index (χ3v) is 6.47. The molecule has 1 aromatic heterocycles. The van der Waals surface area contributed by atoms with Crippen LogP contribution in [0.25, 0.3) is 10.9 Å². The Morgan fingerprint density at radius 3 is 2.54 bits per heavy atom. The summed E-state index contributed by atoms with van der Waals surface area (Å²) in [7, 11) is -0.127. The maximum absolute atomic E-state index is 12.6. The normalized spacial score (nSPS) is 14.9. The SMILES string of the molecule is CCOC(=O)C(CC(C)C)C(P=O)C(OCC)Sc1ccc2ccccc2n1. The van der Waals surface area contributed by atoms with E-state index in [2.05, 4.69) is 4.98 Å². The highest BCUT2D eigenvalue weighted by Gasteiger charge is 2.38. The molecule has 5 nitrogen and oxygen atoms in total. The number of hydrogen-bond acceptors (Lipinski definition) is 6. The van der Waals surface area contributed by atoms with Gasteiger partial charge in [-0.3, -0.25) is 9.36 Å². The van der Waals surface area contributed by atoms with Crippen LogP contribution in [0, 0.1) is 11.8 Å². The molecule has 0 aliphatic carbocycles. The Morgan fingerprint density at radius 1 is 1.14 bits per heavy atom. The molecular formula is C21H28NO4PS. The molecule has 1 aromatic carbocycles. The molecule has 0 N–H and O–H groups in total. The Balaban J connectivity index is 2.30. The summed E-state index contributed by atoms with van der Waals surface area (Å²) in [5.41, 5.74) is -0.0891. The smallest absolute Gasteiger partial charge is 0.310 e. The van der Waals surface area contributed by atoms with Crippen LogP contribution in [0.5, 0.6) is 0 Å². The molecule has 0 spiro atoms. The fourth-order valence-corrected chi connectivity index (χ4v) is 5.02. The summed E-state index contributed by atoms with van der Waals surface area (Å²) in [4.78, 5) is 17.2. The molecule has 0 aliphatic rings. The van der Waals surface area contributed by atoms with Gasteiger partial charge in [0.25, 0.3) is 0 Å². The minimum Gasteiger partial charge on any atom is -0.466 e. The van der Waals surface area contributed by atoms with E-state index in [0.29, 0.717) is 19.6 Å². The maximum Gasteiger partial charge on any atom is 0.310 e. The van der Waals surface area contributed by atoms with E-state index in [1.54, 1.807) is 6.92 Å². The van der Waals surface area contributed by atoms with Crippen molar-refractivity contribution in [2.24, 2.45) is 11.8 Å². The number of ether oxygens (including phenoxy) is 2. The van der Waals surface area contributed by atoms with Gasteiger partial charge in [0.15, 0.2) is 8.46 Å². The summed E-state index contributed by atoms with van der Waals surface area (Å²) in [6, 6.07) is 11.8. The highest BCUT2D eigenvalue weighted by Crippen LogP contribution is 2.37. The second kappa shape index (κ2) is 11.5. The number of pyridine rings is 1. The van der Waals surface area contributed by atoms with E-state index in [1.807, 2.05) is 57.2 Å². The molecule has 0 bridgehead atoms. The Kier molecular flexibility index (Phi) is 9.36. The van der Waals surface area contributed by atoms with Crippen LogP contribution >= 0.6 is 20.2 Å². The lowest BCUT2D eigenvalue weighted by Gasteiger charge is -2.28. The standard InChI is InChI=1S/C21H28NO4PS/c1-5-25-20(23)16(13-14(3)4)19(27-24)21(26-6-2)28-18-12-11-15-9-7-8-10-17(15)22-18/h7-12,14,16,19,21H,5-6,13H2,1-4H3. The van der Waals surface area contributed by atoms with E-state index in [9.17, 15) is 9.36 Å². The van der Waals surface area contributed by atoms with Crippen molar-refractivity contribution in [2.45, 2.75) is 50.2 Å². The Bertz CT molecular complexity index is 786. The number of rotatable bonds is 11. The van der Waals surface area contributed by atoms with Gasteiger partial charge in [-0.15, -0.1) is 0 Å². The van der Waals surface area contributed by atoms with Crippen LogP contribution in [-0.4, -0.2) is 35.3 Å². The van der Waals surface area contributed by atoms with E-state index < -0.39 is 17.0 Å². The van der Waals surface area contributed by atoms with Crippen LogP contribution in [0.3, 0.4) is 0 Å². The number of fused-ring (bicyclic) bond motifs is 1. The summed E-state index contributed by atoms with van der Waals surface area (Å²) in [6.45, 7) is 8.50. The molecule has 0 saturated heterocycles. The van der Waals surface area contributed by atoms with Gasteiger partial charge in [0.1, 0.15) is 5.44 Å². The molecule has 0 saturated carbocycles. The quantitative estimate of drug-likeness (QED) is 0.204. The van der Waals surface area contributed by atoms with Crippen molar-refractivity contribution in [3.63, 3.8) is 0 Å². The van der Waals surface area contributed by atoms with E-state index in [0.717, 1.165) is 15.9 Å². The average molecular weight is 421 g/mol. The fourth-order valence-electron chi connectivity index (χ4n) is 3.04. The van der Waals surface area contributed by atoms with Crippen molar-refractivity contribution in [1.29, 1.82) is 0 Å². The Morgan fingerprint density at radius 2 is 1.89 bits per heavy atom. The molecule has 7 heteroatoms. The molecule has 0 fully saturated rings. The second-order valence-electron chi connectivity index (χ2n) is 6.87. The van der Waals surface area contributed by atoms with E-state index in [1.165, 1.54) is 11.8 Å². The number of aromatic nitrogens is 1. The number of thioether (sulfide) groups is 1. The highest BCUT2D eigenvalue weighted by atomic mass is 32.2. The number of para-hydroxylation sites is 1. The monoisotopic (exact) mass is 421 g/mol. The largest absolute Gasteiger partial charge is 0.466 e. The fraction of sp³-hybridized carbons (Fsp3) is 0.524. The van der Waals surface area contributed by atoms with Gasteiger partial charge >= 0.3 is 5.97 Å². The van der Waals surface area contributed by atoms with Crippen molar-refractivity contribution in [3.05, 3.63) is 36.4 Å². The van der Waals surface area contributed by atoms with Gasteiger partial charge in [-0.25, -0.2) is 4.98 Å². The van der Waals surface area contributed by atoms with Gasteiger partial charge in [0, 0.05) is 12.0 Å². The highest BCUT2D eigenvalue weighted by molar-refractivity contribution is 8.00. The third kappa shape index (κ3) is 6.26. The van der Waals surface area contributed by atoms with Crippen LogP contribution in [-0.2, 0) is 18.8 Å². The molecule has 3 unspecified atom stereocenters. The zero-order valence-electron chi connectivity index (χ0n) is 16.8. The first-order chi connectivity index (χ1) is 13.5. The van der Waals surface area contributed by atoms with Crippen LogP contribution in [0.1, 0.15) is 34.1 Å². The lowest BCUT2D eigenvalue weighted by molar-refractivity contribution is -0.149. The zero-order chi connectivity index (χ0) is 20.5. The average Bonchev–Trinajstić information content (AvgIpc) is 2.67. The van der Waals surface area contributed by atoms with Crippen molar-refractivity contribution < 1.29 is 18.8 Å². The first kappa shape index (κ1) is 22.8. The molecule has 2 rings (SSSR count). The van der Waals surface area contributed by atoms with Gasteiger partial charge < -0.3 is 9.47 Å². The summed E-state index contributed by atoms with van der Waals surface area (Å²) in [5.74, 6) is -0.547. The number of benzene rings is 1. The van der Waals surface area contributed by atoms with Gasteiger partial charge in [-0.05, 0) is 38.3 Å². The lowest BCUT2D eigenvalue weighted by Crippen LogP contribution is -2.36. The van der Waals surface area contributed by atoms with E-state index in [4.69, 9.17) is 9.47 Å². The number of carbonyl (C=O) groups excluding carboxylic acids is 1. The molecular weight excluding hydrogens is 393 g/mol. The maximum atomic E-state index is 12.6. The first-order valence-electron chi connectivity index (χ1n) is 9.63. The summed E-state index contributed by atoms with van der Waals surface area (Å²) in [5, 5.41) is 1.83. The van der Waals surface area contributed by atoms with Crippen LogP contribution < -0.4 is 0 Å². The topological polar surface area (TPSA) is 65.5 Å². The van der Waals surface area contributed by atoms with Crippen molar-refractivity contribution in [2.75, 3.05) is 13.2 Å². The number of carbonyl (C=O) groups is 1. The molecule has 28 heavy (non-hydrogen) atoms. The predicted molar refractivity (Wildman–Crippen MR) is 114 cm³/mol. The van der Waals surface area contributed by atoms with Crippen LogP contribution in [0.4, 0.5) is 0 Å². The minimum atomic E-state index is -0.514. The lowest BCUT2D eigenvalue weighted by atomic mass is 9.94. The van der Waals surface area contributed by atoms with Gasteiger partial charge in [-0.1, -0.05) is 49.9 Å². The Labute approximate surface area is 172 Å². The number of hydrogen-bond donors (Lipinski definition) is 0. The van der Waals surface area contributed by atoms with E-state index >= 15 is 0 Å². The van der Waals surface area contributed by atoms with Gasteiger partial charge in [0.2, 0.25) is 0 Å². The molecule has 1 heterocycles. The van der Waals surface area contributed by atoms with Gasteiger partial charge in [0.05, 0.1) is 28.7 Å². The Hall–Kier alpha value is -1.49. The van der Waals surface area contributed by atoms with Crippen molar-refractivity contribution >= 4 is 37.1 Å². The summed E-state index contributed by atoms with van der Waals surface area (Å²) < 4.78 is 23.3. The van der Waals surface area contributed by atoms with Crippen LogP contribution in [0.15, 0.2) is 41.4 Å². The minimum absolute atomic E-state index is 0.127. The first-order valence-corrected chi connectivity index (χ1v) is 11.4. The summed E-state index contributed by atoms with van der Waals surface area (Å²) in [6.07, 6.45) is 0.591. The second-order valence-corrected chi connectivity index (χ2v) is 8.79. The van der Waals surface area contributed by atoms with Gasteiger partial charge in [-0.2, -0.15) is 0 Å². The summed E-state index contributed by atoms with van der Waals surface area (Å²) >= 11 is 1.40. The molecule has 0 radical (unpaired) electrons. The van der Waals surface area contributed by atoms with Crippen LogP contribution in [0.2, 0.25) is 0 Å². The van der Waals surface area contributed by atoms with Crippen molar-refractivity contribution in [1.82, 2.24) is 4.98 Å². The molecule has 2 aromatic rings. The molecule has 0 amide bonds. The molecule has 0 aliphatic heterocycles. The zero-order valence-corrected chi connectivity index (χ0v) is 18.5. The number of esters is 1. The predicted octanol–water partition coefficient (Wildman–Crippen LogP) is 5.58. The number of nitrogens with zero attached hydrogens (tertiary/aromatic N) is 1. The van der Waals surface area contributed by atoms with E-state index in [-0.39, 0.29) is 20.3 Å².